The molecule has 0 N–H and O–H groups in total. The Balaban J connectivity index is 1.87. The first-order valence-electron chi connectivity index (χ1n) is 15.5. The van der Waals surface area contributed by atoms with Crippen LogP contribution >= 0.6 is 23.2 Å². The van der Waals surface area contributed by atoms with Crippen molar-refractivity contribution < 1.29 is 14.0 Å². The van der Waals surface area contributed by atoms with E-state index in [9.17, 15) is 0 Å². The Morgan fingerprint density at radius 1 is 0.951 bits per heavy atom. The largest absolute Gasteiger partial charge is 0.493 e. The number of methoxy groups -OCH3 is 1. The van der Waals surface area contributed by atoms with Gasteiger partial charge >= 0.3 is 0 Å². The Morgan fingerprint density at radius 3 is 2.49 bits per heavy atom. The molecule has 3 rings (SSSR count). The summed E-state index contributed by atoms with van der Waals surface area (Å²) >= 11 is 13.0. The number of fused-ring (bicyclic) bond motifs is 1. The molecule has 1 aliphatic rings. The lowest BCUT2D eigenvalue weighted by Gasteiger charge is -2.23. The number of halogens is 2. The van der Waals surface area contributed by atoms with Gasteiger partial charge in [0.05, 0.1) is 23.8 Å². The van der Waals surface area contributed by atoms with E-state index in [1.165, 1.54) is 60.1 Å². The second kappa shape index (κ2) is 17.7. The van der Waals surface area contributed by atoms with Crippen LogP contribution in [0.1, 0.15) is 109 Å². The molecule has 0 fully saturated rings. The van der Waals surface area contributed by atoms with Crippen LogP contribution in [0, 0.1) is 0 Å². The molecule has 2 aromatic rings. The van der Waals surface area contributed by atoms with Crippen molar-refractivity contribution in [3.63, 3.8) is 0 Å². The van der Waals surface area contributed by atoms with Gasteiger partial charge in [-0.3, -0.25) is 0 Å². The molecule has 0 radical (unpaired) electrons. The molecular formula is C36H50Cl2NO2+. The van der Waals surface area contributed by atoms with Crippen molar-refractivity contribution in [1.29, 1.82) is 0 Å². The Morgan fingerprint density at radius 2 is 1.73 bits per heavy atom. The van der Waals surface area contributed by atoms with E-state index in [0.29, 0.717) is 10.0 Å². The molecule has 2 aromatic carbocycles. The van der Waals surface area contributed by atoms with Gasteiger partial charge < -0.3 is 9.47 Å². The fourth-order valence-electron chi connectivity index (χ4n) is 5.54. The third-order valence-electron chi connectivity index (χ3n) is 7.87. The summed E-state index contributed by atoms with van der Waals surface area (Å²) in [6.07, 6.45) is 17.2. The quantitative estimate of drug-likeness (QED) is 0.102. The van der Waals surface area contributed by atoms with Gasteiger partial charge in [-0.2, -0.15) is 0 Å². The van der Waals surface area contributed by atoms with Crippen LogP contribution in [0.15, 0.2) is 53.6 Å². The second-order valence-corrected chi connectivity index (χ2v) is 12.3. The molecule has 0 aliphatic carbocycles. The molecular weight excluding hydrogens is 549 g/mol. The number of nitrogens with zero attached hydrogens (tertiary/aromatic N) is 1. The highest BCUT2D eigenvalue weighted by Gasteiger charge is 2.30. The SMILES string of the molecule is CCCCCCCCOc1c(OC)ccc2c1CC[N+](Cc1cccc(Cl)c1Cl)=C2CCC=C(C)CCC=C(C)C. The van der Waals surface area contributed by atoms with Crippen LogP contribution in [0.2, 0.25) is 10.0 Å². The topological polar surface area (TPSA) is 21.5 Å². The molecule has 0 saturated heterocycles. The van der Waals surface area contributed by atoms with Crippen molar-refractivity contribution >= 4 is 28.9 Å². The van der Waals surface area contributed by atoms with E-state index in [0.717, 1.165) is 75.3 Å². The molecule has 1 heterocycles. The first-order valence-corrected chi connectivity index (χ1v) is 16.3. The summed E-state index contributed by atoms with van der Waals surface area (Å²) in [7, 11) is 1.74. The van der Waals surface area contributed by atoms with Gasteiger partial charge in [0, 0.05) is 29.5 Å². The maximum absolute atomic E-state index is 6.63. The van der Waals surface area contributed by atoms with E-state index >= 15 is 0 Å². The number of allylic oxidation sites excluding steroid dienone is 4. The van der Waals surface area contributed by atoms with E-state index in [1.54, 1.807) is 7.11 Å². The first kappa shape index (κ1) is 33.3. The minimum atomic E-state index is 0.605. The van der Waals surface area contributed by atoms with E-state index in [4.69, 9.17) is 32.7 Å². The summed E-state index contributed by atoms with van der Waals surface area (Å²) in [6.45, 7) is 11.2. The van der Waals surface area contributed by atoms with Gasteiger partial charge in [0.1, 0.15) is 6.54 Å². The van der Waals surface area contributed by atoms with Crippen LogP contribution in [0.3, 0.4) is 0 Å². The Bertz CT molecular complexity index is 1220. The van der Waals surface area contributed by atoms with Gasteiger partial charge in [-0.05, 0) is 64.7 Å². The molecule has 41 heavy (non-hydrogen) atoms. The second-order valence-electron chi connectivity index (χ2n) is 11.5. The normalized spacial score (nSPS) is 13.3. The molecule has 0 aromatic heterocycles. The Labute approximate surface area is 259 Å². The number of unbranched alkanes of at least 4 members (excludes halogenated alkanes) is 5. The maximum Gasteiger partial charge on any atom is 0.184 e. The van der Waals surface area contributed by atoms with Gasteiger partial charge in [0.25, 0.3) is 0 Å². The summed E-state index contributed by atoms with van der Waals surface area (Å²) in [5.74, 6) is 1.75. The molecule has 224 valence electrons. The molecule has 0 saturated carbocycles. The molecule has 3 nitrogen and oxygen atoms in total. The predicted molar refractivity (Wildman–Crippen MR) is 177 cm³/mol. The number of rotatable bonds is 17. The number of hydrogen-bond donors (Lipinski definition) is 0. The fourth-order valence-corrected chi connectivity index (χ4v) is 5.92. The summed E-state index contributed by atoms with van der Waals surface area (Å²) in [6, 6.07) is 10.2. The summed E-state index contributed by atoms with van der Waals surface area (Å²) in [5, 5.41) is 1.25. The van der Waals surface area contributed by atoms with Gasteiger partial charge in [0.2, 0.25) is 0 Å². The monoisotopic (exact) mass is 598 g/mol. The zero-order valence-corrected chi connectivity index (χ0v) is 27.5. The van der Waals surface area contributed by atoms with Gasteiger partial charge in [0.15, 0.2) is 23.8 Å². The third kappa shape index (κ3) is 10.2. The van der Waals surface area contributed by atoms with Crippen LogP contribution in [-0.2, 0) is 13.0 Å². The predicted octanol–water partition coefficient (Wildman–Crippen LogP) is 10.8. The van der Waals surface area contributed by atoms with Gasteiger partial charge in [-0.25, -0.2) is 4.58 Å². The lowest BCUT2D eigenvalue weighted by atomic mass is 9.92. The number of hydrogen-bond acceptors (Lipinski definition) is 2. The minimum Gasteiger partial charge on any atom is -0.493 e. The molecule has 5 heteroatoms. The summed E-state index contributed by atoms with van der Waals surface area (Å²) in [5.41, 5.74) is 7.75. The lowest BCUT2D eigenvalue weighted by Crippen LogP contribution is -2.30. The number of benzene rings is 2. The average Bonchev–Trinajstić information content (AvgIpc) is 2.95. The zero-order chi connectivity index (χ0) is 29.6. The third-order valence-corrected chi connectivity index (χ3v) is 8.73. The van der Waals surface area contributed by atoms with E-state index < -0.39 is 0 Å². The standard InChI is InChI=1S/C36H50Cl2NO2/c1-6-7-8-9-10-11-25-41-36-31-23-24-39(26-29-18-14-19-32(37)35(29)38)33(30(31)21-22-34(36)40-5)20-13-17-28(4)16-12-15-27(2)3/h14-15,17-19,21-22H,6-13,16,20,23-26H2,1-5H3/q+1. The highest BCUT2D eigenvalue weighted by molar-refractivity contribution is 6.42. The van der Waals surface area contributed by atoms with Gasteiger partial charge in [-0.1, -0.05) is 97.7 Å². The lowest BCUT2D eigenvalue weighted by molar-refractivity contribution is -0.545. The molecule has 0 spiro atoms. The van der Waals surface area contributed by atoms with Gasteiger partial charge in [-0.15, -0.1) is 0 Å². The molecule has 1 aliphatic heterocycles. The van der Waals surface area contributed by atoms with Crippen molar-refractivity contribution in [2.45, 2.75) is 105 Å². The van der Waals surface area contributed by atoms with Crippen LogP contribution in [0.5, 0.6) is 11.5 Å². The van der Waals surface area contributed by atoms with E-state index in [-0.39, 0.29) is 0 Å². The van der Waals surface area contributed by atoms with Crippen molar-refractivity contribution in [3.8, 4) is 11.5 Å². The summed E-state index contributed by atoms with van der Waals surface area (Å²) in [4.78, 5) is 0. The fraction of sp³-hybridized carbons (Fsp3) is 0.528. The Kier molecular flexibility index (Phi) is 14.3. The highest BCUT2D eigenvalue weighted by atomic mass is 35.5. The van der Waals surface area contributed by atoms with Crippen molar-refractivity contribution in [2.24, 2.45) is 0 Å². The van der Waals surface area contributed by atoms with Crippen molar-refractivity contribution in [1.82, 2.24) is 0 Å². The Hall–Kier alpha value is -2.23. The maximum atomic E-state index is 6.63. The molecule has 0 unspecified atom stereocenters. The van der Waals surface area contributed by atoms with Crippen molar-refractivity contribution in [3.05, 3.63) is 80.4 Å². The molecule has 0 amide bonds. The number of ether oxygens (including phenoxy) is 2. The first-order chi connectivity index (χ1) is 19.8. The van der Waals surface area contributed by atoms with E-state index in [2.05, 4.69) is 62.6 Å². The summed E-state index contributed by atoms with van der Waals surface area (Å²) < 4.78 is 14.7. The average molecular weight is 600 g/mol. The smallest absolute Gasteiger partial charge is 0.184 e. The molecule has 0 atom stereocenters. The zero-order valence-electron chi connectivity index (χ0n) is 26.0. The van der Waals surface area contributed by atoms with Crippen LogP contribution in [0.25, 0.3) is 0 Å². The highest BCUT2D eigenvalue weighted by Crippen LogP contribution is 2.37. The van der Waals surface area contributed by atoms with Crippen LogP contribution < -0.4 is 9.47 Å². The van der Waals surface area contributed by atoms with Crippen LogP contribution in [0.4, 0.5) is 0 Å². The van der Waals surface area contributed by atoms with Crippen LogP contribution in [-0.4, -0.2) is 30.5 Å². The van der Waals surface area contributed by atoms with E-state index in [1.807, 2.05) is 12.1 Å². The van der Waals surface area contributed by atoms with Crippen molar-refractivity contribution in [2.75, 3.05) is 20.3 Å². The minimum absolute atomic E-state index is 0.605. The molecule has 0 bridgehead atoms.